The molecule has 120 valence electrons. The Kier molecular flexibility index (Phi) is 5.74. The maximum atomic E-state index is 12.2. The summed E-state index contributed by atoms with van der Waals surface area (Å²) in [6.07, 6.45) is -0.0899. The van der Waals surface area contributed by atoms with Crippen molar-refractivity contribution in [3.05, 3.63) is 65.7 Å². The number of aliphatic carboxylic acids is 1. The van der Waals surface area contributed by atoms with Gasteiger partial charge in [0.05, 0.1) is 19.6 Å². The van der Waals surface area contributed by atoms with E-state index in [1.54, 1.807) is 31.4 Å². The van der Waals surface area contributed by atoms with Gasteiger partial charge in [-0.2, -0.15) is 0 Å². The van der Waals surface area contributed by atoms with Gasteiger partial charge in [0.1, 0.15) is 5.75 Å². The molecule has 0 saturated heterocycles. The zero-order chi connectivity index (χ0) is 16.7. The Labute approximate surface area is 134 Å². The van der Waals surface area contributed by atoms with Gasteiger partial charge in [0.2, 0.25) is 5.91 Å². The number of benzene rings is 2. The third kappa shape index (κ3) is 5.14. The Hall–Kier alpha value is -2.82. The van der Waals surface area contributed by atoms with E-state index in [0.29, 0.717) is 11.3 Å². The van der Waals surface area contributed by atoms with Crippen LogP contribution in [0.2, 0.25) is 0 Å². The fourth-order valence-electron chi connectivity index (χ4n) is 2.28. The van der Waals surface area contributed by atoms with Crippen molar-refractivity contribution < 1.29 is 19.4 Å². The van der Waals surface area contributed by atoms with Crippen LogP contribution in [0.1, 0.15) is 23.6 Å². The van der Waals surface area contributed by atoms with Gasteiger partial charge in [0, 0.05) is 12.4 Å². The van der Waals surface area contributed by atoms with E-state index in [9.17, 15) is 14.7 Å². The van der Waals surface area contributed by atoms with Gasteiger partial charge in [-0.25, -0.2) is 0 Å². The molecule has 2 aromatic rings. The van der Waals surface area contributed by atoms with E-state index in [1.165, 1.54) is 0 Å². The molecular formula is C18H18NO4-. The van der Waals surface area contributed by atoms with Crippen molar-refractivity contribution in [1.29, 1.82) is 0 Å². The molecule has 0 heterocycles. The van der Waals surface area contributed by atoms with E-state index in [4.69, 9.17) is 4.74 Å². The molecule has 0 aromatic heterocycles. The minimum atomic E-state index is -1.22. The molecule has 0 aliphatic heterocycles. The molecule has 0 radical (unpaired) electrons. The fourth-order valence-corrected chi connectivity index (χ4v) is 2.28. The second-order valence-corrected chi connectivity index (χ2v) is 5.13. The van der Waals surface area contributed by atoms with Gasteiger partial charge in [-0.1, -0.05) is 42.5 Å². The van der Waals surface area contributed by atoms with Crippen LogP contribution < -0.4 is 15.2 Å². The molecular weight excluding hydrogens is 294 g/mol. The quantitative estimate of drug-likeness (QED) is 0.834. The van der Waals surface area contributed by atoms with Crippen LogP contribution in [-0.2, 0) is 16.0 Å². The number of carboxylic acid groups (broad SMARTS) is 1. The zero-order valence-electron chi connectivity index (χ0n) is 12.8. The van der Waals surface area contributed by atoms with Crippen molar-refractivity contribution in [3.63, 3.8) is 0 Å². The predicted molar refractivity (Wildman–Crippen MR) is 83.6 cm³/mol. The van der Waals surface area contributed by atoms with Crippen LogP contribution in [0.15, 0.2) is 54.6 Å². The highest BCUT2D eigenvalue weighted by Crippen LogP contribution is 2.20. The summed E-state index contributed by atoms with van der Waals surface area (Å²) in [7, 11) is 1.55. The number of hydrogen-bond acceptors (Lipinski definition) is 4. The van der Waals surface area contributed by atoms with Gasteiger partial charge >= 0.3 is 0 Å². The van der Waals surface area contributed by atoms with Crippen LogP contribution >= 0.6 is 0 Å². The van der Waals surface area contributed by atoms with Crippen LogP contribution in [-0.4, -0.2) is 19.0 Å². The standard InChI is InChI=1S/C18H19NO4/c1-23-15-9-7-14(8-10-15)16(12-18(21)22)19-17(20)11-13-5-3-2-4-6-13/h2-10,16H,11-12H2,1H3,(H,19,20)(H,21,22)/p-1/t16-/m1/s1. The van der Waals surface area contributed by atoms with Crippen LogP contribution in [0.25, 0.3) is 0 Å². The Balaban J connectivity index is 2.08. The van der Waals surface area contributed by atoms with Gasteiger partial charge in [0.15, 0.2) is 0 Å². The highest BCUT2D eigenvalue weighted by Gasteiger charge is 2.15. The normalized spacial score (nSPS) is 11.5. The molecule has 0 aliphatic rings. The van der Waals surface area contributed by atoms with E-state index in [0.717, 1.165) is 5.56 Å². The van der Waals surface area contributed by atoms with Gasteiger partial charge in [-0.05, 0) is 23.3 Å². The first kappa shape index (κ1) is 16.5. The zero-order valence-corrected chi connectivity index (χ0v) is 12.8. The smallest absolute Gasteiger partial charge is 0.224 e. The van der Waals surface area contributed by atoms with Crippen molar-refractivity contribution in [2.24, 2.45) is 0 Å². The van der Waals surface area contributed by atoms with Crippen LogP contribution in [0.3, 0.4) is 0 Å². The Morgan fingerprint density at radius 3 is 2.30 bits per heavy atom. The fraction of sp³-hybridized carbons (Fsp3) is 0.222. The minimum Gasteiger partial charge on any atom is -0.550 e. The first-order chi connectivity index (χ1) is 11.1. The number of carbonyl (C=O) groups is 2. The minimum absolute atomic E-state index is 0.195. The van der Waals surface area contributed by atoms with Gasteiger partial charge in [0.25, 0.3) is 0 Å². The van der Waals surface area contributed by atoms with E-state index in [-0.39, 0.29) is 18.7 Å². The maximum absolute atomic E-state index is 12.2. The Bertz CT molecular complexity index is 652. The van der Waals surface area contributed by atoms with E-state index >= 15 is 0 Å². The second-order valence-electron chi connectivity index (χ2n) is 5.13. The molecule has 2 rings (SSSR count). The summed E-state index contributed by atoms with van der Waals surface area (Å²) in [4.78, 5) is 23.1. The summed E-state index contributed by atoms with van der Waals surface area (Å²) in [5, 5.41) is 13.7. The van der Waals surface area contributed by atoms with Crippen molar-refractivity contribution in [1.82, 2.24) is 5.32 Å². The molecule has 0 unspecified atom stereocenters. The molecule has 23 heavy (non-hydrogen) atoms. The van der Waals surface area contributed by atoms with Crippen LogP contribution in [0.5, 0.6) is 5.75 Å². The van der Waals surface area contributed by atoms with Crippen molar-refractivity contribution in [2.45, 2.75) is 18.9 Å². The monoisotopic (exact) mass is 312 g/mol. The summed E-state index contributed by atoms with van der Waals surface area (Å²) in [5.74, 6) is -0.791. The molecule has 0 fully saturated rings. The third-order valence-electron chi connectivity index (χ3n) is 3.43. The van der Waals surface area contributed by atoms with Gasteiger partial charge in [-0.3, -0.25) is 4.79 Å². The lowest BCUT2D eigenvalue weighted by molar-refractivity contribution is -0.306. The third-order valence-corrected chi connectivity index (χ3v) is 3.43. The lowest BCUT2D eigenvalue weighted by Gasteiger charge is -2.20. The number of rotatable bonds is 7. The van der Waals surface area contributed by atoms with Gasteiger partial charge < -0.3 is 20.0 Å². The number of carbonyl (C=O) groups excluding carboxylic acids is 2. The molecule has 0 saturated carbocycles. The van der Waals surface area contributed by atoms with Crippen molar-refractivity contribution in [3.8, 4) is 5.75 Å². The number of methoxy groups -OCH3 is 1. The predicted octanol–water partition coefficient (Wildman–Crippen LogP) is 1.24. The number of carboxylic acids is 1. The summed E-state index contributed by atoms with van der Waals surface area (Å²) in [6.45, 7) is 0. The molecule has 5 nitrogen and oxygen atoms in total. The average molecular weight is 312 g/mol. The number of amides is 1. The highest BCUT2D eigenvalue weighted by atomic mass is 16.5. The maximum Gasteiger partial charge on any atom is 0.224 e. The number of ether oxygens (including phenoxy) is 1. The lowest BCUT2D eigenvalue weighted by atomic mass is 10.0. The van der Waals surface area contributed by atoms with Gasteiger partial charge in [-0.15, -0.1) is 0 Å². The van der Waals surface area contributed by atoms with Crippen molar-refractivity contribution >= 4 is 11.9 Å². The summed E-state index contributed by atoms with van der Waals surface area (Å²) in [6, 6.07) is 15.5. The Morgan fingerprint density at radius 2 is 1.74 bits per heavy atom. The summed E-state index contributed by atoms with van der Waals surface area (Å²) in [5.41, 5.74) is 1.56. The molecule has 0 bridgehead atoms. The second kappa shape index (κ2) is 7.98. The number of hydrogen-bond donors (Lipinski definition) is 1. The largest absolute Gasteiger partial charge is 0.550 e. The SMILES string of the molecule is COc1ccc([C@@H](CC(=O)[O-])NC(=O)Cc2ccccc2)cc1. The van der Waals surface area contributed by atoms with Crippen molar-refractivity contribution in [2.75, 3.05) is 7.11 Å². The van der Waals surface area contributed by atoms with E-state index in [2.05, 4.69) is 5.32 Å². The molecule has 0 spiro atoms. The highest BCUT2D eigenvalue weighted by molar-refractivity contribution is 5.79. The van der Waals surface area contributed by atoms with E-state index < -0.39 is 12.0 Å². The van der Waals surface area contributed by atoms with Crippen LogP contribution in [0.4, 0.5) is 0 Å². The topological polar surface area (TPSA) is 78.5 Å². The molecule has 1 amide bonds. The average Bonchev–Trinajstić information content (AvgIpc) is 2.55. The molecule has 5 heteroatoms. The summed E-state index contributed by atoms with van der Waals surface area (Å²) < 4.78 is 5.07. The number of nitrogens with one attached hydrogen (secondary N) is 1. The molecule has 0 aliphatic carbocycles. The first-order valence-electron chi connectivity index (χ1n) is 7.25. The first-order valence-corrected chi connectivity index (χ1v) is 7.25. The molecule has 1 atom stereocenters. The summed E-state index contributed by atoms with van der Waals surface area (Å²) >= 11 is 0. The van der Waals surface area contributed by atoms with Crippen LogP contribution in [0, 0.1) is 0 Å². The lowest BCUT2D eigenvalue weighted by Crippen LogP contribution is -2.35. The Morgan fingerprint density at radius 1 is 1.09 bits per heavy atom. The van der Waals surface area contributed by atoms with E-state index in [1.807, 2.05) is 30.3 Å². The molecule has 1 N–H and O–H groups in total. The molecule has 2 aromatic carbocycles.